The van der Waals surface area contributed by atoms with Gasteiger partial charge in [0.2, 0.25) is 11.1 Å². The van der Waals surface area contributed by atoms with E-state index in [0.29, 0.717) is 5.56 Å². The Morgan fingerprint density at radius 3 is 2.62 bits per heavy atom. The molecular weight excluding hydrogens is 228 g/mol. The van der Waals surface area contributed by atoms with E-state index in [1.165, 1.54) is 12.1 Å². The maximum absolute atomic E-state index is 11.2. The van der Waals surface area contributed by atoms with E-state index in [0.717, 1.165) is 0 Å². The van der Waals surface area contributed by atoms with Crippen molar-refractivity contribution < 1.29 is 18.7 Å². The first-order valence-electron chi connectivity index (χ1n) is 4.44. The fourth-order valence-electron chi connectivity index (χ4n) is 1.66. The van der Waals surface area contributed by atoms with Crippen molar-refractivity contribution in [3.8, 4) is 0 Å². The number of aliphatic hydroxyl groups is 1. The Balaban J connectivity index is 2.78. The normalized spacial score (nSPS) is 24.8. The Morgan fingerprint density at radius 2 is 2.00 bits per heavy atom. The molecule has 0 fully saturated rings. The number of nitrogens with zero attached hydrogens (tertiary/aromatic N) is 2. The fourth-order valence-corrected chi connectivity index (χ4v) is 2.32. The minimum absolute atomic E-state index is 0.242. The van der Waals surface area contributed by atoms with Crippen LogP contribution in [0.1, 0.15) is 11.1 Å². The van der Waals surface area contributed by atoms with Gasteiger partial charge < -0.3 is 15.2 Å². The maximum Gasteiger partial charge on any atom is 0.343 e. The third-order valence-electron chi connectivity index (χ3n) is 2.45. The summed E-state index contributed by atoms with van der Waals surface area (Å²) in [6.07, 6.45) is 2.90. The molecule has 0 saturated carbocycles. The average Bonchev–Trinajstić information content (AvgIpc) is 2.29. The summed E-state index contributed by atoms with van der Waals surface area (Å²) in [5.41, 5.74) is 9.33. The van der Waals surface area contributed by atoms with Gasteiger partial charge in [0.15, 0.2) is 0 Å². The molecule has 1 aromatic rings. The smallest absolute Gasteiger partial charge is 0.343 e. The molecule has 1 aliphatic carbocycles. The molecule has 6 heteroatoms. The van der Waals surface area contributed by atoms with Gasteiger partial charge in [0.25, 0.3) is 4.93 Å². The molecular formula is C10H8N2O3S. The van der Waals surface area contributed by atoms with Crippen LogP contribution in [0.2, 0.25) is 0 Å². The van der Waals surface area contributed by atoms with Crippen molar-refractivity contribution in [3.63, 3.8) is 0 Å². The van der Waals surface area contributed by atoms with E-state index < -0.39 is 16.0 Å². The number of hydrogen-bond donors (Lipinski definition) is 2. The molecule has 2 rings (SSSR count). The number of hydrogen-bond acceptors (Lipinski definition) is 2. The van der Waals surface area contributed by atoms with Crippen LogP contribution in [0.4, 0.5) is 0 Å². The van der Waals surface area contributed by atoms with Gasteiger partial charge in [0.1, 0.15) is 0 Å². The predicted octanol–water partition coefficient (Wildman–Crippen LogP) is 0.751. The zero-order chi connectivity index (χ0) is 11.8. The number of rotatable bonds is 1. The zero-order valence-corrected chi connectivity index (χ0v) is 8.89. The number of fused-ring (bicyclic) bond motifs is 1. The van der Waals surface area contributed by atoms with Crippen molar-refractivity contribution in [2.45, 2.75) is 4.93 Å². The molecule has 2 N–H and O–H groups in total. The van der Waals surface area contributed by atoms with Crippen molar-refractivity contribution >= 4 is 22.9 Å². The van der Waals surface area contributed by atoms with Gasteiger partial charge in [0.05, 0.1) is 0 Å². The van der Waals surface area contributed by atoms with E-state index in [4.69, 9.17) is 5.53 Å². The van der Waals surface area contributed by atoms with Crippen LogP contribution in [0.5, 0.6) is 0 Å². The highest BCUT2D eigenvalue weighted by atomic mass is 32.2. The predicted molar refractivity (Wildman–Crippen MR) is 58.8 cm³/mol. The van der Waals surface area contributed by atoms with Gasteiger partial charge in [-0.15, -0.1) is 0 Å². The Bertz CT molecular complexity index is 549. The van der Waals surface area contributed by atoms with Crippen LogP contribution in [0.3, 0.4) is 0 Å². The first kappa shape index (κ1) is 10.9. The summed E-state index contributed by atoms with van der Waals surface area (Å²) in [6.45, 7) is 0. The van der Waals surface area contributed by atoms with Gasteiger partial charge in [-0.25, -0.2) is 4.21 Å². The number of benzene rings is 1. The summed E-state index contributed by atoms with van der Waals surface area (Å²) in [5.74, 6) is 0. The minimum Gasteiger partial charge on any atom is -0.362 e. The van der Waals surface area contributed by atoms with E-state index >= 15 is 0 Å². The van der Waals surface area contributed by atoms with E-state index in [1.807, 2.05) is 0 Å². The van der Waals surface area contributed by atoms with Crippen molar-refractivity contribution in [1.82, 2.24) is 0 Å². The molecule has 0 bridgehead atoms. The summed E-state index contributed by atoms with van der Waals surface area (Å²) < 4.78 is 20.4. The molecule has 1 aromatic carbocycles. The van der Waals surface area contributed by atoms with Gasteiger partial charge in [-0.3, -0.25) is 0 Å². The standard InChI is InChI=1S/C10H8N2O3S/c11-12-9-6-5-7-3-1-2-4-8(7)10(9,13)16(14)15/h1-6,13H,(H,14,15). The molecule has 2 unspecified atom stereocenters. The highest BCUT2D eigenvalue weighted by Crippen LogP contribution is 2.33. The van der Waals surface area contributed by atoms with E-state index in [1.54, 1.807) is 24.3 Å². The summed E-state index contributed by atoms with van der Waals surface area (Å²) in [7, 11) is 0. The molecule has 0 amide bonds. The van der Waals surface area contributed by atoms with Crippen LogP contribution in [0.25, 0.3) is 11.6 Å². The lowest BCUT2D eigenvalue weighted by molar-refractivity contribution is -0.0244. The van der Waals surface area contributed by atoms with E-state index in [2.05, 4.69) is 4.79 Å². The van der Waals surface area contributed by atoms with Gasteiger partial charge in [-0.05, 0) is 11.6 Å². The maximum atomic E-state index is 11.2. The molecule has 0 heterocycles. The fraction of sp³-hybridized carbons (Fsp3) is 0.100. The van der Waals surface area contributed by atoms with Gasteiger partial charge in [-0.2, -0.15) is 4.79 Å². The van der Waals surface area contributed by atoms with Crippen LogP contribution >= 0.6 is 0 Å². The highest BCUT2D eigenvalue weighted by molar-refractivity contribution is 7.81. The molecule has 1 aliphatic rings. The first-order chi connectivity index (χ1) is 7.60. The second-order valence-corrected chi connectivity index (χ2v) is 4.39. The molecule has 2 atom stereocenters. The largest absolute Gasteiger partial charge is 0.362 e. The third-order valence-corrected chi connectivity index (χ3v) is 3.39. The van der Waals surface area contributed by atoms with Crippen LogP contribution in [0.15, 0.2) is 30.3 Å². The molecule has 0 radical (unpaired) electrons. The van der Waals surface area contributed by atoms with Crippen LogP contribution in [-0.4, -0.2) is 24.4 Å². The second-order valence-electron chi connectivity index (χ2n) is 3.30. The molecule has 0 aromatic heterocycles. The Labute approximate surface area is 93.9 Å². The Morgan fingerprint density at radius 1 is 1.31 bits per heavy atom. The topological polar surface area (TPSA) is 93.9 Å². The van der Waals surface area contributed by atoms with Gasteiger partial charge in [-0.1, -0.05) is 24.3 Å². The molecule has 0 saturated heterocycles. The Hall–Kier alpha value is -1.59. The van der Waals surface area contributed by atoms with Crippen molar-refractivity contribution in [3.05, 3.63) is 47.0 Å². The summed E-state index contributed by atoms with van der Waals surface area (Å²) >= 11 is -2.60. The lowest BCUT2D eigenvalue weighted by Gasteiger charge is -2.23. The van der Waals surface area contributed by atoms with Crippen LogP contribution < -0.4 is 0 Å². The van der Waals surface area contributed by atoms with Gasteiger partial charge >= 0.3 is 5.71 Å². The van der Waals surface area contributed by atoms with E-state index in [9.17, 15) is 13.9 Å². The van der Waals surface area contributed by atoms with E-state index in [-0.39, 0.29) is 11.3 Å². The monoisotopic (exact) mass is 236 g/mol. The average molecular weight is 236 g/mol. The quantitative estimate of drug-likeness (QED) is 0.428. The van der Waals surface area contributed by atoms with Crippen molar-refractivity contribution in [2.24, 2.45) is 0 Å². The zero-order valence-electron chi connectivity index (χ0n) is 8.07. The first-order valence-corrected chi connectivity index (χ1v) is 5.55. The SMILES string of the molecule is [N-]=[N+]=C1C=Cc2ccccc2C1(O)S(=O)O. The Kier molecular flexibility index (Phi) is 2.57. The summed E-state index contributed by atoms with van der Waals surface area (Å²) in [5, 5.41) is 10.2. The molecule has 82 valence electrons. The third kappa shape index (κ3) is 1.36. The van der Waals surface area contributed by atoms with Gasteiger partial charge in [0, 0.05) is 11.6 Å². The molecule has 0 spiro atoms. The summed E-state index contributed by atoms with van der Waals surface area (Å²) in [6, 6.07) is 6.58. The molecule has 5 nitrogen and oxygen atoms in total. The molecule has 16 heavy (non-hydrogen) atoms. The lowest BCUT2D eigenvalue weighted by Crippen LogP contribution is -2.41. The minimum atomic E-state index is -2.60. The second kappa shape index (κ2) is 3.77. The van der Waals surface area contributed by atoms with Crippen molar-refractivity contribution in [1.29, 1.82) is 0 Å². The lowest BCUT2D eigenvalue weighted by atomic mass is 9.93. The summed E-state index contributed by atoms with van der Waals surface area (Å²) in [4.78, 5) is 0.667. The van der Waals surface area contributed by atoms with Crippen LogP contribution in [0, 0.1) is 0 Å². The molecule has 0 aliphatic heterocycles. The highest BCUT2D eigenvalue weighted by Gasteiger charge is 2.50. The van der Waals surface area contributed by atoms with Crippen molar-refractivity contribution in [2.75, 3.05) is 0 Å². The van der Waals surface area contributed by atoms with Crippen LogP contribution in [-0.2, 0) is 16.0 Å².